The van der Waals surface area contributed by atoms with Crippen LogP contribution in [0, 0.1) is 34.0 Å². The fraction of sp³-hybridized carbons (Fsp3) is 0.864. The van der Waals surface area contributed by atoms with E-state index < -0.39 is 0 Å². The number of carbonyl (C=O) groups is 3. The Morgan fingerprint density at radius 2 is 0.741 bits per heavy atom. The first-order valence-electron chi connectivity index (χ1n) is 9.65. The van der Waals surface area contributed by atoms with E-state index in [1.807, 2.05) is 62.3 Å². The van der Waals surface area contributed by atoms with Gasteiger partial charge in [0.1, 0.15) is 5.78 Å². The van der Waals surface area contributed by atoms with E-state index in [-0.39, 0.29) is 51.6 Å². The monoisotopic (exact) mass is 386 g/mol. The summed E-state index contributed by atoms with van der Waals surface area (Å²) in [6, 6.07) is 0. The van der Waals surface area contributed by atoms with Crippen LogP contribution < -0.4 is 11.5 Å². The molecule has 2 amide bonds. The molecule has 0 saturated heterocycles. The summed E-state index contributed by atoms with van der Waals surface area (Å²) >= 11 is 0. The summed E-state index contributed by atoms with van der Waals surface area (Å²) in [4.78, 5) is 31.9. The number of carbonyl (C=O) groups excluding carboxylic acids is 3. The van der Waals surface area contributed by atoms with Crippen LogP contribution in [0.4, 0.5) is 0 Å². The van der Waals surface area contributed by atoms with Gasteiger partial charge in [-0.05, 0) is 23.2 Å². The Hall–Kier alpha value is -1.39. The minimum absolute atomic E-state index is 0.00579. The Morgan fingerprint density at radius 3 is 0.741 bits per heavy atom. The lowest BCUT2D eigenvalue weighted by Gasteiger charge is -2.24. The first-order chi connectivity index (χ1) is 11.6. The van der Waals surface area contributed by atoms with Crippen molar-refractivity contribution < 1.29 is 14.4 Å². The highest BCUT2D eigenvalue weighted by atomic mass is 16.1. The smallest absolute Gasteiger partial charge is 0.220 e. The molecule has 0 aliphatic rings. The van der Waals surface area contributed by atoms with Crippen LogP contribution in [0.3, 0.4) is 0 Å². The second-order valence-corrected chi connectivity index (χ2v) is 10.7. The maximum atomic E-state index is 10.8. The molecule has 4 N–H and O–H groups in total. The number of hydrogen-bond acceptors (Lipinski definition) is 3. The molecule has 0 rings (SSSR count). The number of nitrogens with two attached hydrogens (primary N) is 2. The molecule has 5 nitrogen and oxygen atoms in total. The van der Waals surface area contributed by atoms with Gasteiger partial charge in [0, 0.05) is 17.8 Å². The zero-order valence-electron chi connectivity index (χ0n) is 20.1. The predicted molar refractivity (Wildman–Crippen MR) is 115 cm³/mol. The van der Waals surface area contributed by atoms with Crippen molar-refractivity contribution in [2.45, 2.75) is 90.0 Å². The van der Waals surface area contributed by atoms with Crippen molar-refractivity contribution in [3.63, 3.8) is 0 Å². The topological polar surface area (TPSA) is 103 Å². The third kappa shape index (κ3) is 15.4. The van der Waals surface area contributed by atoms with Gasteiger partial charge in [-0.3, -0.25) is 14.4 Å². The number of rotatable bonds is 3. The first-order valence-corrected chi connectivity index (χ1v) is 9.65. The van der Waals surface area contributed by atoms with E-state index in [1.54, 1.807) is 6.92 Å². The zero-order valence-corrected chi connectivity index (χ0v) is 20.1. The molecule has 1 unspecified atom stereocenters. The SMILES string of the molecule is CC(=O)C(C)C(C)(C)C.C[C@@H](C(N)=O)C(C)(C)C.C[C@H](C(N)=O)C(C)(C)C. The number of ketones is 1. The molecule has 0 saturated carbocycles. The normalized spacial score (nSPS) is 15.1. The number of primary amides is 2. The van der Waals surface area contributed by atoms with Gasteiger partial charge in [0.25, 0.3) is 0 Å². The van der Waals surface area contributed by atoms with Crippen LogP contribution in [0.2, 0.25) is 0 Å². The van der Waals surface area contributed by atoms with Crippen molar-refractivity contribution in [2.24, 2.45) is 45.5 Å². The molecule has 0 aliphatic heterocycles. The molecule has 0 bridgehead atoms. The lowest BCUT2D eigenvalue weighted by molar-refractivity contribution is -0.125. The Bertz CT molecular complexity index is 406. The quantitative estimate of drug-likeness (QED) is 0.742. The average molecular weight is 387 g/mol. The maximum Gasteiger partial charge on any atom is 0.220 e. The van der Waals surface area contributed by atoms with Crippen LogP contribution in [0.25, 0.3) is 0 Å². The van der Waals surface area contributed by atoms with Gasteiger partial charge in [-0.1, -0.05) is 83.1 Å². The molecule has 3 atom stereocenters. The second-order valence-electron chi connectivity index (χ2n) is 10.7. The van der Waals surface area contributed by atoms with Gasteiger partial charge < -0.3 is 11.5 Å². The Labute approximate surface area is 168 Å². The molecule has 0 fully saturated rings. The lowest BCUT2D eigenvalue weighted by Crippen LogP contribution is -2.31. The standard InChI is InChI=1S/C8H16O.2C7H15NO/c1-6(7(2)9)8(3,4)5;2*1-5(6(8)9)7(2,3)4/h6H,1-5H3;2*5H,1-4H3,(H2,8,9)/t;2*5-/m.10/s1. The van der Waals surface area contributed by atoms with Gasteiger partial charge in [-0.25, -0.2) is 0 Å². The van der Waals surface area contributed by atoms with Crippen molar-refractivity contribution in [1.29, 1.82) is 0 Å². The summed E-state index contributed by atoms with van der Waals surface area (Å²) < 4.78 is 0. The molecule has 0 radical (unpaired) electrons. The van der Waals surface area contributed by atoms with E-state index in [0.717, 1.165) is 0 Å². The third-order valence-electron chi connectivity index (χ3n) is 5.36. The molecule has 0 aromatic heterocycles. The van der Waals surface area contributed by atoms with Gasteiger partial charge in [-0.2, -0.15) is 0 Å². The van der Waals surface area contributed by atoms with E-state index >= 15 is 0 Å². The summed E-state index contributed by atoms with van der Waals surface area (Å²) in [6.07, 6.45) is 0. The van der Waals surface area contributed by atoms with Crippen molar-refractivity contribution >= 4 is 17.6 Å². The lowest BCUT2D eigenvalue weighted by atomic mass is 9.80. The molecule has 0 spiro atoms. The van der Waals surface area contributed by atoms with Crippen LogP contribution >= 0.6 is 0 Å². The van der Waals surface area contributed by atoms with Gasteiger partial charge in [0.15, 0.2) is 0 Å². The highest BCUT2D eigenvalue weighted by molar-refractivity contribution is 5.78. The summed E-state index contributed by atoms with van der Waals surface area (Å²) in [6.45, 7) is 25.6. The van der Waals surface area contributed by atoms with E-state index in [9.17, 15) is 14.4 Å². The Balaban J connectivity index is -0.000000320. The van der Waals surface area contributed by atoms with E-state index in [2.05, 4.69) is 20.8 Å². The summed E-state index contributed by atoms with van der Waals surface area (Å²) in [5, 5.41) is 0. The molecular formula is C22H46N2O3. The minimum atomic E-state index is -0.220. The molecule has 0 heterocycles. The predicted octanol–water partition coefficient (Wildman–Crippen LogP) is 4.57. The second kappa shape index (κ2) is 11.5. The maximum absolute atomic E-state index is 10.8. The molecule has 0 aromatic carbocycles. The van der Waals surface area contributed by atoms with Crippen LogP contribution in [0.15, 0.2) is 0 Å². The summed E-state index contributed by atoms with van der Waals surface area (Å²) in [5.74, 6) is -0.0694. The van der Waals surface area contributed by atoms with Gasteiger partial charge in [-0.15, -0.1) is 0 Å². The molecule has 162 valence electrons. The Morgan fingerprint density at radius 1 is 0.556 bits per heavy atom. The average Bonchev–Trinajstić information content (AvgIpc) is 2.42. The minimum Gasteiger partial charge on any atom is -0.369 e. The molecule has 27 heavy (non-hydrogen) atoms. The van der Waals surface area contributed by atoms with Crippen LogP contribution in [0.1, 0.15) is 90.0 Å². The fourth-order valence-electron chi connectivity index (χ4n) is 1.46. The molecule has 0 aliphatic carbocycles. The van der Waals surface area contributed by atoms with Gasteiger partial charge >= 0.3 is 0 Å². The van der Waals surface area contributed by atoms with Crippen LogP contribution in [-0.4, -0.2) is 17.6 Å². The number of hydrogen-bond donors (Lipinski definition) is 2. The third-order valence-corrected chi connectivity index (χ3v) is 5.36. The largest absolute Gasteiger partial charge is 0.369 e. The zero-order chi connectivity index (χ0) is 23.0. The van der Waals surface area contributed by atoms with Crippen LogP contribution in [-0.2, 0) is 14.4 Å². The van der Waals surface area contributed by atoms with Gasteiger partial charge in [0.05, 0.1) is 0 Å². The first kappa shape index (κ1) is 30.3. The van der Waals surface area contributed by atoms with E-state index in [1.165, 1.54) is 0 Å². The van der Waals surface area contributed by atoms with Crippen molar-refractivity contribution in [3.05, 3.63) is 0 Å². The van der Waals surface area contributed by atoms with Crippen molar-refractivity contribution in [1.82, 2.24) is 0 Å². The van der Waals surface area contributed by atoms with Gasteiger partial charge in [0.2, 0.25) is 11.8 Å². The summed E-state index contributed by atoms with van der Waals surface area (Å²) in [7, 11) is 0. The Kier molecular flexibility index (Phi) is 12.9. The number of amides is 2. The van der Waals surface area contributed by atoms with E-state index in [4.69, 9.17) is 11.5 Å². The molecular weight excluding hydrogens is 340 g/mol. The van der Waals surface area contributed by atoms with Crippen molar-refractivity contribution in [3.8, 4) is 0 Å². The molecule has 0 aromatic rings. The fourth-order valence-corrected chi connectivity index (χ4v) is 1.46. The highest BCUT2D eigenvalue weighted by Gasteiger charge is 2.25. The molecule has 5 heteroatoms. The summed E-state index contributed by atoms with van der Waals surface area (Å²) in [5.41, 5.74) is 10.3. The van der Waals surface area contributed by atoms with E-state index in [0.29, 0.717) is 0 Å². The highest BCUT2D eigenvalue weighted by Crippen LogP contribution is 2.26. The van der Waals surface area contributed by atoms with Crippen molar-refractivity contribution in [2.75, 3.05) is 0 Å². The van der Waals surface area contributed by atoms with Crippen LogP contribution in [0.5, 0.6) is 0 Å². The number of Topliss-reactive ketones (excluding diaryl/α,β-unsaturated/α-hetero) is 1.